The molecule has 0 bridgehead atoms. The number of nitrogens with one attached hydrogen (secondary N) is 1. The molecule has 1 aliphatic rings. The highest BCUT2D eigenvalue weighted by Crippen LogP contribution is 2.39. The van der Waals surface area contributed by atoms with E-state index in [1.54, 1.807) is 6.07 Å². The highest BCUT2D eigenvalue weighted by molar-refractivity contribution is 6.30. The molecular formula is C15H24Cl3FN2. The van der Waals surface area contributed by atoms with Crippen LogP contribution in [-0.2, 0) is 0 Å². The standard InChI is InChI=1S/C15H22ClFN2.2ClH/c1-15(2,3)14(19-8-6-18-7-9-19)12-5-4-11(16)10-13(12)17;;/h4-5,10,14,18H,6-9H2,1-3H3;2*1H/t14-;;/m1../s1. The summed E-state index contributed by atoms with van der Waals surface area (Å²) in [6, 6.07) is 5.10. The number of hydrogen-bond donors (Lipinski definition) is 1. The number of piperazine rings is 1. The van der Waals surface area contributed by atoms with Gasteiger partial charge in [-0.05, 0) is 17.5 Å². The lowest BCUT2D eigenvalue weighted by Gasteiger charge is -2.42. The van der Waals surface area contributed by atoms with Crippen LogP contribution in [0.5, 0.6) is 0 Å². The Hall–Kier alpha value is -0.0600. The topological polar surface area (TPSA) is 15.3 Å². The van der Waals surface area contributed by atoms with Crippen LogP contribution < -0.4 is 5.32 Å². The van der Waals surface area contributed by atoms with Gasteiger partial charge in [0.1, 0.15) is 5.82 Å². The Morgan fingerprint density at radius 3 is 2.24 bits per heavy atom. The van der Waals surface area contributed by atoms with Crippen LogP contribution >= 0.6 is 36.4 Å². The molecule has 2 nitrogen and oxygen atoms in total. The molecule has 1 N–H and O–H groups in total. The fraction of sp³-hybridized carbons (Fsp3) is 0.600. The van der Waals surface area contributed by atoms with Crippen LogP contribution in [0.3, 0.4) is 0 Å². The molecule has 0 saturated carbocycles. The van der Waals surface area contributed by atoms with Crippen LogP contribution in [0.25, 0.3) is 0 Å². The third-order valence-corrected chi connectivity index (χ3v) is 3.83. The van der Waals surface area contributed by atoms with E-state index in [2.05, 4.69) is 31.0 Å². The smallest absolute Gasteiger partial charge is 0.129 e. The van der Waals surface area contributed by atoms with Gasteiger partial charge in [-0.25, -0.2) is 4.39 Å². The molecule has 122 valence electrons. The molecule has 0 radical (unpaired) electrons. The van der Waals surface area contributed by atoms with Crippen molar-refractivity contribution in [1.82, 2.24) is 10.2 Å². The van der Waals surface area contributed by atoms with Crippen molar-refractivity contribution in [2.75, 3.05) is 26.2 Å². The van der Waals surface area contributed by atoms with Crippen LogP contribution in [0.2, 0.25) is 5.02 Å². The largest absolute Gasteiger partial charge is 0.314 e. The van der Waals surface area contributed by atoms with E-state index < -0.39 is 0 Å². The average Bonchev–Trinajstić information content (AvgIpc) is 2.32. The van der Waals surface area contributed by atoms with Crippen molar-refractivity contribution >= 4 is 36.4 Å². The Morgan fingerprint density at radius 1 is 1.19 bits per heavy atom. The van der Waals surface area contributed by atoms with Gasteiger partial charge in [0.25, 0.3) is 0 Å². The summed E-state index contributed by atoms with van der Waals surface area (Å²) in [5.41, 5.74) is 0.727. The summed E-state index contributed by atoms with van der Waals surface area (Å²) in [4.78, 5) is 2.36. The summed E-state index contributed by atoms with van der Waals surface area (Å²) in [5, 5.41) is 3.79. The number of hydrogen-bond acceptors (Lipinski definition) is 2. The van der Waals surface area contributed by atoms with Crippen LogP contribution in [0.15, 0.2) is 18.2 Å². The second-order valence-electron chi connectivity index (χ2n) is 6.22. The van der Waals surface area contributed by atoms with E-state index in [1.165, 1.54) is 6.07 Å². The third-order valence-electron chi connectivity index (χ3n) is 3.59. The normalized spacial score (nSPS) is 17.6. The van der Waals surface area contributed by atoms with Gasteiger partial charge in [0.15, 0.2) is 0 Å². The van der Waals surface area contributed by atoms with Gasteiger partial charge in [0, 0.05) is 42.8 Å². The molecule has 0 unspecified atom stereocenters. The number of halogens is 4. The maximum atomic E-state index is 14.3. The Morgan fingerprint density at radius 2 is 1.76 bits per heavy atom. The van der Waals surface area contributed by atoms with Crippen molar-refractivity contribution in [3.05, 3.63) is 34.6 Å². The minimum Gasteiger partial charge on any atom is -0.314 e. The Bertz CT molecular complexity index is 443. The van der Waals surface area contributed by atoms with Gasteiger partial charge >= 0.3 is 0 Å². The Balaban J connectivity index is 0.00000200. The zero-order valence-electron chi connectivity index (χ0n) is 12.7. The molecule has 1 saturated heterocycles. The predicted molar refractivity (Wildman–Crippen MR) is 92.5 cm³/mol. The first-order chi connectivity index (χ1) is 8.89. The second kappa shape index (κ2) is 8.54. The van der Waals surface area contributed by atoms with Crippen molar-refractivity contribution in [2.45, 2.75) is 26.8 Å². The zero-order chi connectivity index (χ0) is 14.0. The fourth-order valence-electron chi connectivity index (χ4n) is 2.87. The number of rotatable bonds is 2. The van der Waals surface area contributed by atoms with E-state index in [9.17, 15) is 4.39 Å². The molecule has 2 rings (SSSR count). The second-order valence-corrected chi connectivity index (χ2v) is 6.66. The van der Waals surface area contributed by atoms with Crippen molar-refractivity contribution in [2.24, 2.45) is 5.41 Å². The summed E-state index contributed by atoms with van der Waals surface area (Å²) in [7, 11) is 0. The first-order valence-corrected chi connectivity index (χ1v) is 7.17. The van der Waals surface area contributed by atoms with Crippen molar-refractivity contribution in [3.8, 4) is 0 Å². The molecule has 1 aliphatic heterocycles. The summed E-state index contributed by atoms with van der Waals surface area (Å²) < 4.78 is 14.3. The monoisotopic (exact) mass is 356 g/mol. The molecule has 1 heterocycles. The number of benzene rings is 1. The molecule has 0 aliphatic carbocycles. The molecule has 6 heteroatoms. The van der Waals surface area contributed by atoms with Gasteiger partial charge in [0.2, 0.25) is 0 Å². The molecule has 1 aromatic rings. The van der Waals surface area contributed by atoms with E-state index in [-0.39, 0.29) is 42.1 Å². The van der Waals surface area contributed by atoms with Crippen molar-refractivity contribution < 1.29 is 4.39 Å². The van der Waals surface area contributed by atoms with Crippen LogP contribution in [0.4, 0.5) is 4.39 Å². The van der Waals surface area contributed by atoms with E-state index in [4.69, 9.17) is 11.6 Å². The van der Waals surface area contributed by atoms with E-state index in [0.29, 0.717) is 5.02 Å². The summed E-state index contributed by atoms with van der Waals surface area (Å²) in [6.07, 6.45) is 0. The first kappa shape index (κ1) is 20.9. The van der Waals surface area contributed by atoms with Crippen LogP contribution in [-0.4, -0.2) is 31.1 Å². The summed E-state index contributed by atoms with van der Waals surface area (Å²) in [6.45, 7) is 10.3. The lowest BCUT2D eigenvalue weighted by atomic mass is 9.80. The van der Waals surface area contributed by atoms with Gasteiger partial charge in [-0.1, -0.05) is 38.4 Å². The summed E-state index contributed by atoms with van der Waals surface area (Å²) in [5.74, 6) is -0.203. The van der Waals surface area contributed by atoms with E-state index in [0.717, 1.165) is 31.7 Å². The lowest BCUT2D eigenvalue weighted by Crippen LogP contribution is -2.48. The quantitative estimate of drug-likeness (QED) is 0.848. The van der Waals surface area contributed by atoms with Crippen LogP contribution in [0, 0.1) is 11.2 Å². The summed E-state index contributed by atoms with van der Waals surface area (Å²) >= 11 is 5.86. The van der Waals surface area contributed by atoms with E-state index in [1.807, 2.05) is 6.07 Å². The zero-order valence-corrected chi connectivity index (χ0v) is 15.0. The molecule has 0 aromatic heterocycles. The minimum atomic E-state index is -0.203. The molecule has 1 fully saturated rings. The molecule has 0 amide bonds. The molecular weight excluding hydrogens is 334 g/mol. The van der Waals surface area contributed by atoms with Gasteiger partial charge < -0.3 is 5.32 Å². The van der Waals surface area contributed by atoms with E-state index >= 15 is 0 Å². The molecule has 0 spiro atoms. The van der Waals surface area contributed by atoms with Crippen LogP contribution in [0.1, 0.15) is 32.4 Å². The average molecular weight is 358 g/mol. The molecule has 21 heavy (non-hydrogen) atoms. The third kappa shape index (κ3) is 5.26. The Kier molecular flexibility index (Phi) is 8.52. The van der Waals surface area contributed by atoms with Gasteiger partial charge in [-0.3, -0.25) is 4.90 Å². The van der Waals surface area contributed by atoms with Gasteiger partial charge in [-0.15, -0.1) is 24.8 Å². The highest BCUT2D eigenvalue weighted by Gasteiger charge is 2.34. The number of nitrogens with zero attached hydrogens (tertiary/aromatic N) is 1. The fourth-order valence-corrected chi connectivity index (χ4v) is 3.03. The Labute approximate surface area is 144 Å². The SMILES string of the molecule is CC(C)(C)[C@@H](c1ccc(Cl)cc1F)N1CCNCC1.Cl.Cl. The maximum Gasteiger partial charge on any atom is 0.129 e. The van der Waals surface area contributed by atoms with Gasteiger partial charge in [0.05, 0.1) is 0 Å². The van der Waals surface area contributed by atoms with Crippen molar-refractivity contribution in [1.29, 1.82) is 0 Å². The van der Waals surface area contributed by atoms with Crippen molar-refractivity contribution in [3.63, 3.8) is 0 Å². The van der Waals surface area contributed by atoms with Gasteiger partial charge in [-0.2, -0.15) is 0 Å². The molecule has 1 atom stereocenters. The first-order valence-electron chi connectivity index (χ1n) is 6.79. The highest BCUT2D eigenvalue weighted by atomic mass is 35.5. The molecule has 1 aromatic carbocycles. The predicted octanol–water partition coefficient (Wildman–Crippen LogP) is 4.32. The maximum absolute atomic E-state index is 14.3. The lowest BCUT2D eigenvalue weighted by molar-refractivity contribution is 0.0834. The minimum absolute atomic E-state index is 0.